The number of nitrogens with one attached hydrogen (secondary N) is 2. The minimum absolute atomic E-state index is 0.398. The molecular weight excluding hydrogens is 325 g/mol. The maximum Gasteiger partial charge on any atom is 0.229 e. The summed E-state index contributed by atoms with van der Waals surface area (Å²) in [6.07, 6.45) is 1.62. The molecule has 0 bridgehead atoms. The highest BCUT2D eigenvalue weighted by Gasteiger charge is 2.06. The van der Waals surface area contributed by atoms with Gasteiger partial charge in [-0.15, -0.1) is 0 Å². The zero-order valence-corrected chi connectivity index (χ0v) is 13.0. The third-order valence-corrected chi connectivity index (χ3v) is 3.27. The molecule has 0 saturated carbocycles. The molecule has 0 unspecified atom stereocenters. The van der Waals surface area contributed by atoms with E-state index in [0.717, 1.165) is 0 Å². The van der Waals surface area contributed by atoms with Crippen LogP contribution in [0.5, 0.6) is 0 Å². The topological polar surface area (TPSA) is 75.9 Å². The van der Waals surface area contributed by atoms with E-state index >= 15 is 0 Å². The lowest BCUT2D eigenvalue weighted by Gasteiger charge is -2.08. The molecule has 0 radical (unpaired) electrons. The van der Waals surface area contributed by atoms with Crippen LogP contribution >= 0.6 is 23.2 Å². The van der Waals surface area contributed by atoms with E-state index in [0.29, 0.717) is 39.1 Å². The monoisotopic (exact) mass is 335 g/mol. The summed E-state index contributed by atoms with van der Waals surface area (Å²) >= 11 is 12.0. The number of benzene rings is 1. The van der Waals surface area contributed by atoms with Crippen LogP contribution in [0.25, 0.3) is 0 Å². The largest absolute Gasteiger partial charge is 0.360 e. The van der Waals surface area contributed by atoms with Gasteiger partial charge in [0.25, 0.3) is 0 Å². The van der Waals surface area contributed by atoms with Crippen molar-refractivity contribution in [3.05, 3.63) is 52.3 Å². The lowest BCUT2D eigenvalue weighted by Crippen LogP contribution is -2.00. The van der Waals surface area contributed by atoms with E-state index in [-0.39, 0.29) is 0 Å². The van der Waals surface area contributed by atoms with Gasteiger partial charge in [0.05, 0.1) is 10.7 Å². The molecule has 2 heterocycles. The maximum atomic E-state index is 6.11. The van der Waals surface area contributed by atoms with Crippen molar-refractivity contribution in [1.82, 2.24) is 15.1 Å². The van der Waals surface area contributed by atoms with Gasteiger partial charge in [0.15, 0.2) is 5.82 Å². The Morgan fingerprint density at radius 2 is 1.91 bits per heavy atom. The van der Waals surface area contributed by atoms with Crippen molar-refractivity contribution in [2.45, 2.75) is 6.92 Å². The Balaban J connectivity index is 1.78. The van der Waals surface area contributed by atoms with Crippen LogP contribution in [0.1, 0.15) is 5.76 Å². The Morgan fingerprint density at radius 3 is 2.64 bits per heavy atom. The third kappa shape index (κ3) is 3.47. The molecule has 2 N–H and O–H groups in total. The third-order valence-electron chi connectivity index (χ3n) is 2.72. The first-order chi connectivity index (χ1) is 10.6. The van der Waals surface area contributed by atoms with Crippen LogP contribution in [0.15, 0.2) is 41.1 Å². The highest BCUT2D eigenvalue weighted by Crippen LogP contribution is 2.27. The quantitative estimate of drug-likeness (QED) is 0.727. The van der Waals surface area contributed by atoms with Crippen molar-refractivity contribution in [3.63, 3.8) is 0 Å². The van der Waals surface area contributed by atoms with Gasteiger partial charge in [-0.1, -0.05) is 28.4 Å². The Morgan fingerprint density at radius 1 is 1.05 bits per heavy atom. The standard InChI is InChI=1S/C14H11Cl2N5O/c1-8-6-13(21-22-8)19-12-4-5-17-14(20-12)18-11-3-2-9(15)7-10(11)16/h2-7H,1H3,(H2,17,18,19,20,21). The molecule has 0 fully saturated rings. The summed E-state index contributed by atoms with van der Waals surface area (Å²) in [5, 5.41) is 11.0. The Bertz CT molecular complexity index is 805. The molecule has 1 aromatic carbocycles. The van der Waals surface area contributed by atoms with E-state index in [1.165, 1.54) is 0 Å². The van der Waals surface area contributed by atoms with E-state index in [2.05, 4.69) is 25.8 Å². The van der Waals surface area contributed by atoms with E-state index in [1.807, 2.05) is 6.92 Å². The van der Waals surface area contributed by atoms with Crippen LogP contribution in [-0.4, -0.2) is 15.1 Å². The second-order valence-electron chi connectivity index (χ2n) is 4.46. The Labute approximate surface area is 136 Å². The molecule has 8 heteroatoms. The van der Waals surface area contributed by atoms with Gasteiger partial charge in [-0.3, -0.25) is 0 Å². The van der Waals surface area contributed by atoms with Gasteiger partial charge in [-0.05, 0) is 31.2 Å². The van der Waals surface area contributed by atoms with Gasteiger partial charge in [0.1, 0.15) is 11.6 Å². The van der Waals surface area contributed by atoms with Gasteiger partial charge in [-0.2, -0.15) is 4.98 Å². The minimum atomic E-state index is 0.398. The van der Waals surface area contributed by atoms with Gasteiger partial charge >= 0.3 is 0 Å². The van der Waals surface area contributed by atoms with Crippen molar-refractivity contribution in [1.29, 1.82) is 0 Å². The van der Waals surface area contributed by atoms with Crippen LogP contribution in [0.2, 0.25) is 10.0 Å². The lowest BCUT2D eigenvalue weighted by atomic mass is 10.3. The number of anilines is 4. The van der Waals surface area contributed by atoms with Gasteiger partial charge < -0.3 is 15.2 Å². The summed E-state index contributed by atoms with van der Waals surface area (Å²) < 4.78 is 4.99. The van der Waals surface area contributed by atoms with Crippen molar-refractivity contribution in [2.75, 3.05) is 10.6 Å². The number of rotatable bonds is 4. The van der Waals surface area contributed by atoms with Crippen molar-refractivity contribution in [3.8, 4) is 0 Å². The highest BCUT2D eigenvalue weighted by atomic mass is 35.5. The molecule has 22 heavy (non-hydrogen) atoms. The number of halogens is 2. The number of nitrogens with zero attached hydrogens (tertiary/aromatic N) is 3. The second kappa shape index (κ2) is 6.21. The minimum Gasteiger partial charge on any atom is -0.360 e. The first kappa shape index (κ1) is 14.6. The molecule has 0 aliphatic heterocycles. The molecule has 112 valence electrons. The highest BCUT2D eigenvalue weighted by molar-refractivity contribution is 6.36. The molecule has 0 amide bonds. The molecule has 2 aromatic heterocycles. The molecule has 0 saturated heterocycles. The summed E-state index contributed by atoms with van der Waals surface area (Å²) in [7, 11) is 0. The average molecular weight is 336 g/mol. The first-order valence-corrected chi connectivity index (χ1v) is 7.11. The maximum absolute atomic E-state index is 6.11. The van der Waals surface area contributed by atoms with Gasteiger partial charge in [-0.25, -0.2) is 4.98 Å². The fraction of sp³-hybridized carbons (Fsp3) is 0.0714. The molecule has 0 aliphatic carbocycles. The summed E-state index contributed by atoms with van der Waals surface area (Å²) in [6, 6.07) is 8.63. The Kier molecular flexibility index (Phi) is 4.13. The lowest BCUT2D eigenvalue weighted by molar-refractivity contribution is 0.400. The summed E-state index contributed by atoms with van der Waals surface area (Å²) in [5.41, 5.74) is 0.667. The number of aromatic nitrogens is 3. The molecule has 0 spiro atoms. The van der Waals surface area contributed by atoms with E-state index < -0.39 is 0 Å². The first-order valence-electron chi connectivity index (χ1n) is 6.35. The molecule has 3 aromatic rings. The van der Waals surface area contributed by atoms with Crippen LogP contribution in [0, 0.1) is 6.92 Å². The van der Waals surface area contributed by atoms with Crippen molar-refractivity contribution >= 4 is 46.5 Å². The van der Waals surface area contributed by atoms with Crippen LogP contribution < -0.4 is 10.6 Å². The Hall–Kier alpha value is -2.31. The molecule has 3 rings (SSSR count). The molecule has 0 aliphatic rings. The number of aryl methyl sites for hydroxylation is 1. The normalized spacial score (nSPS) is 10.5. The van der Waals surface area contributed by atoms with Crippen molar-refractivity contribution < 1.29 is 4.52 Å². The predicted octanol–water partition coefficient (Wildman–Crippen LogP) is 4.57. The van der Waals surface area contributed by atoms with Crippen LogP contribution in [-0.2, 0) is 0 Å². The number of hydrogen-bond acceptors (Lipinski definition) is 6. The molecule has 6 nitrogen and oxygen atoms in total. The predicted molar refractivity (Wildman–Crippen MR) is 86.3 cm³/mol. The van der Waals surface area contributed by atoms with Gasteiger partial charge in [0.2, 0.25) is 5.95 Å². The van der Waals surface area contributed by atoms with E-state index in [4.69, 9.17) is 27.7 Å². The van der Waals surface area contributed by atoms with Crippen LogP contribution in [0.3, 0.4) is 0 Å². The van der Waals surface area contributed by atoms with E-state index in [1.54, 1.807) is 36.5 Å². The summed E-state index contributed by atoms with van der Waals surface area (Å²) in [5.74, 6) is 2.26. The zero-order chi connectivity index (χ0) is 15.5. The van der Waals surface area contributed by atoms with E-state index in [9.17, 15) is 0 Å². The fourth-order valence-electron chi connectivity index (χ4n) is 1.76. The fourth-order valence-corrected chi connectivity index (χ4v) is 2.21. The smallest absolute Gasteiger partial charge is 0.229 e. The summed E-state index contributed by atoms with van der Waals surface area (Å²) in [4.78, 5) is 8.48. The average Bonchev–Trinajstić information content (AvgIpc) is 2.88. The summed E-state index contributed by atoms with van der Waals surface area (Å²) in [6.45, 7) is 1.81. The SMILES string of the molecule is Cc1cc(Nc2ccnc(Nc3ccc(Cl)cc3Cl)n2)no1. The zero-order valence-electron chi connectivity index (χ0n) is 11.5. The second-order valence-corrected chi connectivity index (χ2v) is 5.31. The molecular formula is C14H11Cl2N5O. The van der Waals surface area contributed by atoms with Crippen LogP contribution in [0.4, 0.5) is 23.3 Å². The number of hydrogen-bond donors (Lipinski definition) is 2. The van der Waals surface area contributed by atoms with Gasteiger partial charge in [0, 0.05) is 17.3 Å². The molecule has 0 atom stereocenters. The van der Waals surface area contributed by atoms with Crippen molar-refractivity contribution in [2.24, 2.45) is 0 Å².